The van der Waals surface area contributed by atoms with Gasteiger partial charge in [0.25, 0.3) is 23.3 Å². The number of aromatic nitrogens is 4. The standard InChI is InChI=1S/C42H49F3N10O12/c1-24(2)35(60)52-40-51-34-33(37(62)53-40)49-26(22-48-34)23-55(39(64)42(43,44)45)27-8-6-25(7-9-27)36(61)50-28(38(63)65-3)10-11-29(56)46-17-20-66-41(15-4-5-16-41)67-21-18-47-30(57)14-19-54-31(58)12-13-32(54)59/h6-9,12-13,22,24,28H,4-5,10-11,14-21,23H2,1-3H3,(H,46,56)(H,47,57)(H,50,61)(H2,48,51,52,53,60,62)/t28-/m0/s1. The average Bonchev–Trinajstić information content (AvgIpc) is 3.90. The molecular formula is C42H49F3N10O12. The van der Waals surface area contributed by atoms with Gasteiger partial charge in [0.05, 0.1) is 38.8 Å². The van der Waals surface area contributed by atoms with Gasteiger partial charge in [0, 0.05) is 74.6 Å². The molecule has 25 heteroatoms. The minimum atomic E-state index is -5.35. The molecule has 0 saturated heterocycles. The van der Waals surface area contributed by atoms with Crippen molar-refractivity contribution in [1.29, 1.82) is 0 Å². The minimum absolute atomic E-state index is 0.0447. The molecule has 360 valence electrons. The first-order valence-corrected chi connectivity index (χ1v) is 21.1. The number of methoxy groups -OCH3 is 1. The van der Waals surface area contributed by atoms with E-state index in [1.807, 2.05) is 0 Å². The summed E-state index contributed by atoms with van der Waals surface area (Å²) in [6.07, 6.45) is 0.272. The molecule has 0 radical (unpaired) electrons. The van der Waals surface area contributed by atoms with E-state index in [1.54, 1.807) is 13.8 Å². The lowest BCUT2D eigenvalue weighted by molar-refractivity contribution is -0.230. The summed E-state index contributed by atoms with van der Waals surface area (Å²) >= 11 is 0. The van der Waals surface area contributed by atoms with E-state index >= 15 is 0 Å². The number of nitrogens with zero attached hydrogens (tertiary/aromatic N) is 5. The second-order valence-electron chi connectivity index (χ2n) is 15.5. The summed E-state index contributed by atoms with van der Waals surface area (Å²) in [7, 11) is 1.08. The first-order chi connectivity index (χ1) is 31.8. The van der Waals surface area contributed by atoms with E-state index in [-0.39, 0.29) is 92.1 Å². The molecule has 5 rings (SSSR count). The Hall–Kier alpha value is -7.15. The predicted molar refractivity (Wildman–Crippen MR) is 227 cm³/mol. The summed E-state index contributed by atoms with van der Waals surface area (Å²) in [6.45, 7) is 2.78. The Morgan fingerprint density at radius 2 is 1.51 bits per heavy atom. The number of halogens is 3. The van der Waals surface area contributed by atoms with Crippen molar-refractivity contribution < 1.29 is 65.7 Å². The maximum atomic E-state index is 13.8. The third-order valence-electron chi connectivity index (χ3n) is 10.3. The third-order valence-corrected chi connectivity index (χ3v) is 10.3. The average molecular weight is 943 g/mol. The number of anilines is 2. The topological polar surface area (TPSA) is 290 Å². The van der Waals surface area contributed by atoms with E-state index in [4.69, 9.17) is 14.2 Å². The van der Waals surface area contributed by atoms with Crippen LogP contribution in [0.5, 0.6) is 0 Å². The SMILES string of the molecule is COC(=O)[C@H](CCC(=O)NCCOC1(OCCNC(=O)CCN2C(=O)C=CC2=O)CCCC1)NC(=O)c1ccc(N(Cc2cnc3nc(NC(=O)C(C)C)[nH]c(=O)c3n2)C(=O)C(F)(F)F)cc1. The molecular weight excluding hydrogens is 894 g/mol. The summed E-state index contributed by atoms with van der Waals surface area (Å²) in [5, 5.41) is 10.2. The highest BCUT2D eigenvalue weighted by molar-refractivity contribution is 6.13. The Labute approximate surface area is 379 Å². The van der Waals surface area contributed by atoms with Crippen LogP contribution in [0, 0.1) is 5.92 Å². The van der Waals surface area contributed by atoms with Crippen LogP contribution >= 0.6 is 0 Å². The zero-order valence-electron chi connectivity index (χ0n) is 36.7. The number of nitrogens with one attached hydrogen (secondary N) is 5. The molecule has 1 aliphatic carbocycles. The normalized spacial score (nSPS) is 14.8. The first-order valence-electron chi connectivity index (χ1n) is 21.1. The highest BCUT2D eigenvalue weighted by Gasteiger charge is 2.43. The third kappa shape index (κ3) is 14.2. The van der Waals surface area contributed by atoms with E-state index in [1.165, 1.54) is 0 Å². The van der Waals surface area contributed by atoms with Crippen molar-refractivity contribution in [3.63, 3.8) is 0 Å². The molecule has 0 bridgehead atoms. The van der Waals surface area contributed by atoms with Crippen molar-refractivity contribution in [3.8, 4) is 0 Å². The second kappa shape index (κ2) is 22.8. The fraction of sp³-hybridized carbons (Fsp3) is 0.476. The van der Waals surface area contributed by atoms with E-state index in [9.17, 15) is 56.3 Å². The number of ether oxygens (including phenoxy) is 3. The molecule has 1 atom stereocenters. The molecule has 0 unspecified atom stereocenters. The van der Waals surface area contributed by atoms with Crippen molar-refractivity contribution in [2.45, 2.75) is 83.3 Å². The van der Waals surface area contributed by atoms with E-state index in [0.29, 0.717) is 17.7 Å². The Morgan fingerprint density at radius 1 is 0.896 bits per heavy atom. The van der Waals surface area contributed by atoms with Gasteiger partial charge in [-0.3, -0.25) is 58.5 Å². The van der Waals surface area contributed by atoms with Crippen LogP contribution < -0.4 is 31.7 Å². The Bertz CT molecular complexity index is 2420. The molecule has 22 nitrogen and oxygen atoms in total. The number of carbonyl (C=O) groups is 8. The van der Waals surface area contributed by atoms with Gasteiger partial charge in [-0.25, -0.2) is 14.8 Å². The number of aromatic amines is 1. The molecule has 0 spiro atoms. The van der Waals surface area contributed by atoms with Crippen LogP contribution in [0.3, 0.4) is 0 Å². The Kier molecular flexibility index (Phi) is 17.3. The highest BCUT2D eigenvalue weighted by atomic mass is 19.4. The lowest BCUT2D eigenvalue weighted by Gasteiger charge is -2.29. The van der Waals surface area contributed by atoms with Crippen molar-refractivity contribution in [3.05, 3.63) is 64.2 Å². The maximum Gasteiger partial charge on any atom is 0.471 e. The number of rotatable bonds is 22. The molecule has 3 heterocycles. The van der Waals surface area contributed by atoms with Crippen LogP contribution in [0.25, 0.3) is 11.2 Å². The summed E-state index contributed by atoms with van der Waals surface area (Å²) in [5.74, 6) is -7.87. The molecule has 1 aromatic carbocycles. The van der Waals surface area contributed by atoms with E-state index in [2.05, 4.69) is 41.2 Å². The molecule has 1 fully saturated rings. The summed E-state index contributed by atoms with van der Waals surface area (Å²) in [6, 6.07) is 3.01. The number of imide groups is 1. The van der Waals surface area contributed by atoms with E-state index in [0.717, 1.165) is 67.5 Å². The number of benzene rings is 1. The monoisotopic (exact) mass is 942 g/mol. The van der Waals surface area contributed by atoms with Crippen molar-refractivity contribution >= 4 is 70.1 Å². The zero-order valence-corrected chi connectivity index (χ0v) is 36.7. The quantitative estimate of drug-likeness (QED) is 0.0411. The number of H-pyrrole nitrogens is 1. The fourth-order valence-corrected chi connectivity index (χ4v) is 6.79. The number of alkyl halides is 3. The first kappa shape index (κ1) is 50.8. The molecule has 2 aromatic heterocycles. The number of amides is 7. The summed E-state index contributed by atoms with van der Waals surface area (Å²) in [4.78, 5) is 127. The molecule has 7 amide bonds. The van der Waals surface area contributed by atoms with E-state index < -0.39 is 77.4 Å². The molecule has 2 aliphatic rings. The number of carbonyl (C=O) groups excluding carboxylic acids is 8. The zero-order chi connectivity index (χ0) is 48.9. The lowest BCUT2D eigenvalue weighted by atomic mass is 10.1. The lowest BCUT2D eigenvalue weighted by Crippen LogP contribution is -2.43. The van der Waals surface area contributed by atoms with Crippen LogP contribution in [0.2, 0.25) is 0 Å². The Balaban J connectivity index is 1.10. The van der Waals surface area contributed by atoms with Crippen LogP contribution in [-0.4, -0.2) is 130 Å². The van der Waals surface area contributed by atoms with Gasteiger partial charge in [-0.15, -0.1) is 0 Å². The maximum absolute atomic E-state index is 13.8. The van der Waals surface area contributed by atoms with Crippen LogP contribution in [0.15, 0.2) is 47.4 Å². The number of fused-ring (bicyclic) bond motifs is 1. The number of hydrogen-bond donors (Lipinski definition) is 5. The summed E-state index contributed by atoms with van der Waals surface area (Å²) in [5.41, 5.74) is -2.14. The van der Waals surface area contributed by atoms with Gasteiger partial charge >= 0.3 is 18.1 Å². The van der Waals surface area contributed by atoms with Crippen molar-refractivity contribution in [2.75, 3.05) is 50.2 Å². The number of hydrogen-bond acceptors (Lipinski definition) is 15. The van der Waals surface area contributed by atoms with Gasteiger partial charge in [0.15, 0.2) is 17.0 Å². The molecule has 3 aromatic rings. The van der Waals surface area contributed by atoms with Crippen LogP contribution in [-0.2, 0) is 54.3 Å². The van der Waals surface area contributed by atoms with Gasteiger partial charge in [-0.2, -0.15) is 18.2 Å². The van der Waals surface area contributed by atoms with Gasteiger partial charge in [0.1, 0.15) is 6.04 Å². The van der Waals surface area contributed by atoms with Gasteiger partial charge in [0.2, 0.25) is 23.7 Å². The molecule has 1 saturated carbocycles. The smallest absolute Gasteiger partial charge is 0.467 e. The molecule has 1 aliphatic heterocycles. The Morgan fingerprint density at radius 3 is 2.09 bits per heavy atom. The predicted octanol–water partition coefficient (Wildman–Crippen LogP) is 1.31. The fourth-order valence-electron chi connectivity index (χ4n) is 6.79. The highest BCUT2D eigenvalue weighted by Crippen LogP contribution is 2.34. The minimum Gasteiger partial charge on any atom is -0.467 e. The summed E-state index contributed by atoms with van der Waals surface area (Å²) < 4.78 is 58.2. The molecule has 67 heavy (non-hydrogen) atoms. The largest absolute Gasteiger partial charge is 0.471 e. The number of esters is 1. The van der Waals surface area contributed by atoms with Crippen LogP contribution in [0.1, 0.15) is 74.8 Å². The van der Waals surface area contributed by atoms with Crippen LogP contribution in [0.4, 0.5) is 24.8 Å². The van der Waals surface area contributed by atoms with Crippen molar-refractivity contribution in [1.82, 2.24) is 40.8 Å². The van der Waals surface area contributed by atoms with Gasteiger partial charge < -0.3 is 30.2 Å². The van der Waals surface area contributed by atoms with Crippen molar-refractivity contribution in [2.24, 2.45) is 5.92 Å². The van der Waals surface area contributed by atoms with Gasteiger partial charge in [-0.1, -0.05) is 13.8 Å². The van der Waals surface area contributed by atoms with Gasteiger partial charge in [-0.05, 0) is 43.5 Å². The second-order valence-corrected chi connectivity index (χ2v) is 15.5. The molecule has 5 N–H and O–H groups in total.